The fraction of sp³-hybridized carbons (Fsp3) is 0.100. The number of pyridine rings is 1. The van der Waals surface area contributed by atoms with Gasteiger partial charge in [0.2, 0.25) is 0 Å². The fourth-order valence-corrected chi connectivity index (χ4v) is 1.58. The van der Waals surface area contributed by atoms with Crippen molar-refractivity contribution in [2.24, 2.45) is 0 Å². The summed E-state index contributed by atoms with van der Waals surface area (Å²) in [5.41, 5.74) is 0.965. The van der Waals surface area contributed by atoms with Crippen molar-refractivity contribution in [2.45, 2.75) is 0 Å². The normalized spacial score (nSPS) is 10.1. The van der Waals surface area contributed by atoms with E-state index in [-0.39, 0.29) is 5.69 Å². The van der Waals surface area contributed by atoms with E-state index in [0.717, 1.165) is 0 Å². The van der Waals surface area contributed by atoms with Gasteiger partial charge < -0.3 is 9.14 Å². The molecule has 0 atom stereocenters. The summed E-state index contributed by atoms with van der Waals surface area (Å²) >= 11 is 5.92. The van der Waals surface area contributed by atoms with Gasteiger partial charge in [0.25, 0.3) is 0 Å². The van der Waals surface area contributed by atoms with Gasteiger partial charge >= 0.3 is 5.97 Å². The molecule has 0 aliphatic heterocycles. The third-order valence-electron chi connectivity index (χ3n) is 2.03. The summed E-state index contributed by atoms with van der Waals surface area (Å²) in [5, 5.41) is 9.06. The van der Waals surface area contributed by atoms with Crippen molar-refractivity contribution in [3.8, 4) is 6.07 Å². The Labute approximate surface area is 95.8 Å². The van der Waals surface area contributed by atoms with Crippen molar-refractivity contribution in [3.63, 3.8) is 0 Å². The Hall–Kier alpha value is -2.06. The maximum absolute atomic E-state index is 11.2. The molecule has 0 bridgehead atoms. The number of nitrogens with zero attached hydrogens (tertiary/aromatic N) is 3. The maximum atomic E-state index is 11.2. The number of carbonyl (C=O) groups excluding carboxylic acids is 1. The fourth-order valence-electron chi connectivity index (χ4n) is 1.32. The summed E-state index contributed by atoms with van der Waals surface area (Å²) in [6.07, 6.45) is 3.01. The summed E-state index contributed by atoms with van der Waals surface area (Å²) in [6.45, 7) is 0. The van der Waals surface area contributed by atoms with Gasteiger partial charge in [0.15, 0.2) is 11.3 Å². The van der Waals surface area contributed by atoms with Gasteiger partial charge in [-0.2, -0.15) is 5.26 Å². The number of methoxy groups -OCH3 is 1. The minimum absolute atomic E-state index is 0.152. The van der Waals surface area contributed by atoms with E-state index in [1.165, 1.54) is 23.8 Å². The van der Waals surface area contributed by atoms with E-state index in [9.17, 15) is 4.79 Å². The standard InChI is InChI=1S/C10H6ClN3O2/c1-16-10(15)8-5-14-4-6(3-12)2-7(11)9(14)13-8/h2,4-5H,1H3. The molecule has 0 amide bonds. The van der Waals surface area contributed by atoms with Gasteiger partial charge in [-0.1, -0.05) is 11.6 Å². The van der Waals surface area contributed by atoms with Crippen LogP contribution in [-0.4, -0.2) is 22.5 Å². The Morgan fingerprint density at radius 2 is 2.38 bits per heavy atom. The van der Waals surface area contributed by atoms with Crippen molar-refractivity contribution < 1.29 is 9.53 Å². The monoisotopic (exact) mass is 235 g/mol. The SMILES string of the molecule is COC(=O)c1cn2cc(C#N)cc(Cl)c2n1. The van der Waals surface area contributed by atoms with Crippen LogP contribution in [0.25, 0.3) is 5.65 Å². The van der Waals surface area contributed by atoms with Crippen molar-refractivity contribution >= 4 is 23.2 Å². The molecule has 5 nitrogen and oxygen atoms in total. The molecule has 0 saturated carbocycles. The van der Waals surface area contributed by atoms with Crippen LogP contribution in [0.5, 0.6) is 0 Å². The van der Waals surface area contributed by atoms with E-state index in [1.807, 2.05) is 6.07 Å². The average molecular weight is 236 g/mol. The number of ether oxygens (including phenoxy) is 1. The molecule has 80 valence electrons. The highest BCUT2D eigenvalue weighted by Crippen LogP contribution is 2.18. The molecule has 2 rings (SSSR count). The number of hydrogen-bond acceptors (Lipinski definition) is 4. The molecule has 2 heterocycles. The first-order chi connectivity index (χ1) is 7.65. The number of fused-ring (bicyclic) bond motifs is 1. The number of aromatic nitrogens is 2. The topological polar surface area (TPSA) is 67.4 Å². The second-order valence-electron chi connectivity index (χ2n) is 3.04. The molecule has 0 aliphatic rings. The van der Waals surface area contributed by atoms with Gasteiger partial charge in [-0.3, -0.25) is 0 Å². The maximum Gasteiger partial charge on any atom is 0.358 e. The lowest BCUT2D eigenvalue weighted by Crippen LogP contribution is -2.00. The van der Waals surface area contributed by atoms with Gasteiger partial charge in [0.05, 0.1) is 17.7 Å². The van der Waals surface area contributed by atoms with E-state index >= 15 is 0 Å². The molecule has 0 radical (unpaired) electrons. The van der Waals surface area contributed by atoms with Gasteiger partial charge in [-0.15, -0.1) is 0 Å². The number of rotatable bonds is 1. The molecule has 16 heavy (non-hydrogen) atoms. The van der Waals surface area contributed by atoms with Crippen molar-refractivity contribution in [2.75, 3.05) is 7.11 Å². The predicted octanol–water partition coefficient (Wildman–Crippen LogP) is 1.65. The van der Waals surface area contributed by atoms with Crippen LogP contribution in [0.3, 0.4) is 0 Å². The van der Waals surface area contributed by atoms with Crippen LogP contribution in [0.4, 0.5) is 0 Å². The molecule has 0 N–H and O–H groups in total. The summed E-state index contributed by atoms with van der Waals surface area (Å²) in [4.78, 5) is 15.2. The molecule has 6 heteroatoms. The molecule has 2 aromatic rings. The number of imidazole rings is 1. The first-order valence-corrected chi connectivity index (χ1v) is 4.70. The highest BCUT2D eigenvalue weighted by atomic mass is 35.5. The molecule has 0 saturated heterocycles. The first kappa shape index (κ1) is 10.5. The van der Waals surface area contributed by atoms with Crippen molar-refractivity contribution in [1.29, 1.82) is 5.26 Å². The van der Waals surface area contributed by atoms with E-state index in [1.54, 1.807) is 6.20 Å². The smallest absolute Gasteiger partial charge is 0.358 e. The van der Waals surface area contributed by atoms with E-state index < -0.39 is 5.97 Å². The summed E-state index contributed by atoms with van der Waals surface area (Å²) in [5.74, 6) is -0.543. The Morgan fingerprint density at radius 1 is 1.62 bits per heavy atom. The van der Waals surface area contributed by atoms with Crippen LogP contribution in [0.15, 0.2) is 18.5 Å². The molecule has 0 aliphatic carbocycles. The third-order valence-corrected chi connectivity index (χ3v) is 2.31. The first-order valence-electron chi connectivity index (χ1n) is 4.32. The van der Waals surface area contributed by atoms with Gasteiger partial charge in [-0.05, 0) is 6.07 Å². The zero-order valence-corrected chi connectivity index (χ0v) is 9.02. The lowest BCUT2D eigenvalue weighted by atomic mass is 10.3. The molecular formula is C10H6ClN3O2. The lowest BCUT2D eigenvalue weighted by Gasteiger charge is -1.95. The Balaban J connectivity index is 2.67. The van der Waals surface area contributed by atoms with E-state index in [2.05, 4.69) is 9.72 Å². The third kappa shape index (κ3) is 1.59. The molecule has 0 spiro atoms. The van der Waals surface area contributed by atoms with Gasteiger partial charge in [-0.25, -0.2) is 9.78 Å². The highest BCUT2D eigenvalue weighted by Gasteiger charge is 2.13. The highest BCUT2D eigenvalue weighted by molar-refractivity contribution is 6.33. The largest absolute Gasteiger partial charge is 0.464 e. The molecular weight excluding hydrogens is 230 g/mol. The lowest BCUT2D eigenvalue weighted by molar-refractivity contribution is 0.0595. The van der Waals surface area contributed by atoms with E-state index in [4.69, 9.17) is 16.9 Å². The molecule has 0 aromatic carbocycles. The van der Waals surface area contributed by atoms with Crippen molar-refractivity contribution in [3.05, 3.63) is 34.7 Å². The average Bonchev–Trinajstić information content (AvgIpc) is 2.72. The van der Waals surface area contributed by atoms with Crippen LogP contribution < -0.4 is 0 Å². The summed E-state index contributed by atoms with van der Waals surface area (Å²) in [7, 11) is 1.27. The Morgan fingerprint density at radius 3 is 3.00 bits per heavy atom. The Bertz CT molecular complexity index is 612. The number of hydrogen-bond donors (Lipinski definition) is 0. The minimum atomic E-state index is -0.543. The van der Waals surface area contributed by atoms with Crippen LogP contribution in [-0.2, 0) is 4.74 Å². The zero-order chi connectivity index (χ0) is 11.7. The Kier molecular flexibility index (Phi) is 2.50. The number of esters is 1. The predicted molar refractivity (Wildman–Crippen MR) is 56.3 cm³/mol. The second kappa shape index (κ2) is 3.83. The summed E-state index contributed by atoms with van der Waals surface area (Å²) < 4.78 is 6.06. The van der Waals surface area contributed by atoms with Gasteiger partial charge in [0.1, 0.15) is 6.07 Å². The van der Waals surface area contributed by atoms with Crippen LogP contribution in [0, 0.1) is 11.3 Å². The number of nitriles is 1. The van der Waals surface area contributed by atoms with Gasteiger partial charge in [0, 0.05) is 12.4 Å². The number of carbonyl (C=O) groups is 1. The molecule has 0 fully saturated rings. The van der Waals surface area contributed by atoms with Crippen LogP contribution in [0.1, 0.15) is 16.1 Å². The van der Waals surface area contributed by atoms with Crippen LogP contribution in [0.2, 0.25) is 5.02 Å². The van der Waals surface area contributed by atoms with E-state index in [0.29, 0.717) is 16.2 Å². The summed E-state index contributed by atoms with van der Waals surface area (Å²) in [6, 6.07) is 3.45. The minimum Gasteiger partial charge on any atom is -0.464 e. The second-order valence-corrected chi connectivity index (χ2v) is 3.44. The quantitative estimate of drug-likeness (QED) is 0.705. The van der Waals surface area contributed by atoms with Crippen LogP contribution >= 0.6 is 11.6 Å². The zero-order valence-electron chi connectivity index (χ0n) is 8.27. The molecule has 2 aromatic heterocycles. The molecule has 0 unspecified atom stereocenters. The number of halogens is 1. The van der Waals surface area contributed by atoms with Crippen molar-refractivity contribution in [1.82, 2.24) is 9.38 Å².